The lowest BCUT2D eigenvalue weighted by Gasteiger charge is -2.18. The molecule has 0 spiro atoms. The van der Waals surface area contributed by atoms with Crippen molar-refractivity contribution in [2.75, 3.05) is 13.1 Å². The van der Waals surface area contributed by atoms with Gasteiger partial charge in [0.2, 0.25) is 0 Å². The lowest BCUT2D eigenvalue weighted by atomic mass is 10.1. The molecular formula is C22H25FN4O. The van der Waals surface area contributed by atoms with Gasteiger partial charge in [0.15, 0.2) is 17.5 Å². The Bertz CT molecular complexity index is 939. The van der Waals surface area contributed by atoms with Gasteiger partial charge >= 0.3 is 0 Å². The summed E-state index contributed by atoms with van der Waals surface area (Å²) in [6, 6.07) is 16.5. The Kier molecular flexibility index (Phi) is 6.78. The van der Waals surface area contributed by atoms with E-state index in [1.165, 1.54) is 6.07 Å². The first kappa shape index (κ1) is 19.6. The van der Waals surface area contributed by atoms with Crippen LogP contribution in [0.15, 0.2) is 65.8 Å². The largest absolute Gasteiger partial charge is 0.486 e. The lowest BCUT2D eigenvalue weighted by molar-refractivity contribution is 0.214. The van der Waals surface area contributed by atoms with Crippen LogP contribution in [0.25, 0.3) is 10.8 Å². The molecule has 6 heteroatoms. The molecule has 2 N–H and O–H groups in total. The molecule has 0 aliphatic carbocycles. The molecule has 0 saturated heterocycles. The van der Waals surface area contributed by atoms with E-state index in [2.05, 4.69) is 32.7 Å². The Balaban J connectivity index is 1.63. The molecule has 0 radical (unpaired) electrons. The number of para-hydroxylation sites is 1. The first-order valence-electron chi connectivity index (χ1n) is 9.43. The number of halogens is 1. The van der Waals surface area contributed by atoms with Crippen LogP contribution in [0.2, 0.25) is 0 Å². The number of ether oxygens (including phenoxy) is 1. The molecule has 3 aromatic rings. The van der Waals surface area contributed by atoms with E-state index in [9.17, 15) is 4.39 Å². The second-order valence-corrected chi connectivity index (χ2v) is 6.41. The number of aromatic nitrogens is 1. The van der Waals surface area contributed by atoms with E-state index < -0.39 is 0 Å². The fourth-order valence-electron chi connectivity index (χ4n) is 2.84. The molecule has 0 bridgehead atoms. The summed E-state index contributed by atoms with van der Waals surface area (Å²) in [5.74, 6) is 0.553. The maximum absolute atomic E-state index is 13.7. The fourth-order valence-corrected chi connectivity index (χ4v) is 2.84. The van der Waals surface area contributed by atoms with Crippen LogP contribution in [0.1, 0.15) is 19.5 Å². The third kappa shape index (κ3) is 5.19. The zero-order valence-corrected chi connectivity index (χ0v) is 16.2. The van der Waals surface area contributed by atoms with Crippen molar-refractivity contribution in [1.82, 2.24) is 15.6 Å². The summed E-state index contributed by atoms with van der Waals surface area (Å²) in [5, 5.41) is 8.70. The summed E-state index contributed by atoms with van der Waals surface area (Å²) in [6.07, 6.45) is 1.58. The fraction of sp³-hybridized carbons (Fsp3) is 0.273. The summed E-state index contributed by atoms with van der Waals surface area (Å²) >= 11 is 0. The van der Waals surface area contributed by atoms with Gasteiger partial charge in [0.05, 0.1) is 18.8 Å². The third-order valence-electron chi connectivity index (χ3n) is 4.21. The molecule has 1 aromatic heterocycles. The molecule has 2 aromatic carbocycles. The smallest absolute Gasteiger partial charge is 0.191 e. The van der Waals surface area contributed by atoms with Gasteiger partial charge in [0.25, 0.3) is 0 Å². The molecule has 0 aliphatic rings. The van der Waals surface area contributed by atoms with Gasteiger partial charge in [-0.3, -0.25) is 4.98 Å². The van der Waals surface area contributed by atoms with Gasteiger partial charge in [0, 0.05) is 18.1 Å². The molecule has 146 valence electrons. The van der Waals surface area contributed by atoms with Crippen LogP contribution >= 0.6 is 0 Å². The van der Waals surface area contributed by atoms with Gasteiger partial charge in [-0.25, -0.2) is 9.38 Å². The molecule has 0 aliphatic heterocycles. The Morgan fingerprint density at radius 2 is 1.89 bits per heavy atom. The maximum Gasteiger partial charge on any atom is 0.191 e. The van der Waals surface area contributed by atoms with Crippen molar-refractivity contribution in [3.8, 4) is 5.75 Å². The van der Waals surface area contributed by atoms with Crippen molar-refractivity contribution in [2.45, 2.75) is 26.5 Å². The number of hydrogen-bond acceptors (Lipinski definition) is 3. The van der Waals surface area contributed by atoms with Crippen LogP contribution < -0.4 is 15.4 Å². The molecule has 0 amide bonds. The number of fused-ring (bicyclic) bond motifs is 1. The number of guanidine groups is 1. The van der Waals surface area contributed by atoms with Crippen molar-refractivity contribution in [2.24, 2.45) is 4.99 Å². The molecule has 0 saturated carbocycles. The first-order chi connectivity index (χ1) is 13.7. The van der Waals surface area contributed by atoms with E-state index in [1.807, 2.05) is 32.0 Å². The second-order valence-electron chi connectivity index (χ2n) is 6.41. The van der Waals surface area contributed by atoms with Crippen LogP contribution in [0.5, 0.6) is 5.75 Å². The Morgan fingerprint density at radius 1 is 1.11 bits per heavy atom. The Labute approximate surface area is 164 Å². The average molecular weight is 380 g/mol. The summed E-state index contributed by atoms with van der Waals surface area (Å²) in [7, 11) is 0. The predicted octanol–water partition coefficient (Wildman–Crippen LogP) is 3.90. The second kappa shape index (κ2) is 9.69. The number of hydrogen-bond donors (Lipinski definition) is 2. The molecule has 1 unspecified atom stereocenters. The van der Waals surface area contributed by atoms with E-state index >= 15 is 0 Å². The standard InChI is InChI=1S/C22H25FN4O/c1-3-24-22(26-14-16(2)28-21-11-7-6-10-19(21)23)27-15-20-18-9-5-4-8-17(18)12-13-25-20/h4-13,16H,3,14-15H2,1-2H3,(H2,24,26,27). The predicted molar refractivity (Wildman–Crippen MR) is 111 cm³/mol. The third-order valence-corrected chi connectivity index (χ3v) is 4.21. The van der Waals surface area contributed by atoms with E-state index in [4.69, 9.17) is 4.74 Å². The topological polar surface area (TPSA) is 58.5 Å². The summed E-state index contributed by atoms with van der Waals surface area (Å²) in [6.45, 7) is 5.57. The summed E-state index contributed by atoms with van der Waals surface area (Å²) in [4.78, 5) is 9.10. The van der Waals surface area contributed by atoms with E-state index in [1.54, 1.807) is 24.4 Å². The van der Waals surface area contributed by atoms with Gasteiger partial charge < -0.3 is 15.4 Å². The van der Waals surface area contributed by atoms with Gasteiger partial charge in [-0.2, -0.15) is 0 Å². The zero-order chi connectivity index (χ0) is 19.8. The van der Waals surface area contributed by atoms with E-state index in [0.717, 1.165) is 23.0 Å². The monoisotopic (exact) mass is 380 g/mol. The molecule has 28 heavy (non-hydrogen) atoms. The maximum atomic E-state index is 13.7. The molecule has 3 rings (SSSR count). The highest BCUT2D eigenvalue weighted by molar-refractivity contribution is 5.85. The minimum atomic E-state index is -0.364. The summed E-state index contributed by atoms with van der Waals surface area (Å²) < 4.78 is 19.4. The van der Waals surface area contributed by atoms with Crippen LogP contribution in [0.4, 0.5) is 4.39 Å². The van der Waals surface area contributed by atoms with Gasteiger partial charge in [0.1, 0.15) is 6.10 Å². The zero-order valence-electron chi connectivity index (χ0n) is 16.2. The SMILES string of the molecule is CCNC(=NCc1nccc2ccccc12)NCC(C)Oc1ccccc1F. The molecule has 0 fully saturated rings. The summed E-state index contributed by atoms with van der Waals surface area (Å²) in [5.41, 5.74) is 0.922. The molecular weight excluding hydrogens is 355 g/mol. The quantitative estimate of drug-likeness (QED) is 0.482. The number of nitrogens with zero attached hydrogens (tertiary/aromatic N) is 2. The number of rotatable bonds is 7. The van der Waals surface area contributed by atoms with Crippen molar-refractivity contribution < 1.29 is 9.13 Å². The van der Waals surface area contributed by atoms with Crippen molar-refractivity contribution >= 4 is 16.7 Å². The number of pyridine rings is 1. The Hall–Kier alpha value is -3.15. The van der Waals surface area contributed by atoms with Crippen LogP contribution in [-0.4, -0.2) is 30.1 Å². The highest BCUT2D eigenvalue weighted by Gasteiger charge is 2.09. The van der Waals surface area contributed by atoms with Crippen molar-refractivity contribution in [3.05, 3.63) is 72.3 Å². The minimum Gasteiger partial charge on any atom is -0.486 e. The van der Waals surface area contributed by atoms with Gasteiger partial charge in [-0.05, 0) is 37.4 Å². The van der Waals surface area contributed by atoms with Crippen molar-refractivity contribution in [1.29, 1.82) is 0 Å². The Morgan fingerprint density at radius 3 is 2.71 bits per heavy atom. The van der Waals surface area contributed by atoms with E-state index in [0.29, 0.717) is 19.0 Å². The van der Waals surface area contributed by atoms with E-state index in [-0.39, 0.29) is 17.7 Å². The highest BCUT2D eigenvalue weighted by Crippen LogP contribution is 2.17. The number of benzene rings is 2. The molecule has 1 atom stereocenters. The van der Waals surface area contributed by atoms with Crippen molar-refractivity contribution in [3.63, 3.8) is 0 Å². The van der Waals surface area contributed by atoms with Crippen LogP contribution in [0, 0.1) is 5.82 Å². The number of aliphatic imine (C=N–C) groups is 1. The van der Waals surface area contributed by atoms with Gasteiger partial charge in [-0.1, -0.05) is 36.4 Å². The number of nitrogens with one attached hydrogen (secondary N) is 2. The van der Waals surface area contributed by atoms with Gasteiger partial charge in [-0.15, -0.1) is 0 Å². The average Bonchev–Trinajstić information content (AvgIpc) is 2.72. The molecule has 5 nitrogen and oxygen atoms in total. The highest BCUT2D eigenvalue weighted by atomic mass is 19.1. The molecule has 1 heterocycles. The van der Waals surface area contributed by atoms with Crippen LogP contribution in [-0.2, 0) is 6.54 Å². The normalized spacial score (nSPS) is 12.6. The van der Waals surface area contributed by atoms with Crippen LogP contribution in [0.3, 0.4) is 0 Å². The lowest BCUT2D eigenvalue weighted by Crippen LogP contribution is -2.41. The first-order valence-corrected chi connectivity index (χ1v) is 9.43. The minimum absolute atomic E-state index is 0.226.